The molecule has 2 saturated heterocycles. The number of fused-ring (bicyclic) bond motifs is 3. The van der Waals surface area contributed by atoms with Gasteiger partial charge in [-0.2, -0.15) is 0 Å². The van der Waals surface area contributed by atoms with Crippen LogP contribution in [0.15, 0.2) is 16.9 Å². The van der Waals surface area contributed by atoms with Gasteiger partial charge >= 0.3 is 5.69 Å². The number of imidazole rings is 1. The summed E-state index contributed by atoms with van der Waals surface area (Å²) in [4.78, 5) is 19.8. The first kappa shape index (κ1) is 15.7. The first-order chi connectivity index (χ1) is 11.3. The number of hydrogen-bond acceptors (Lipinski definition) is 4. The lowest BCUT2D eigenvalue weighted by Crippen LogP contribution is -2.51. The summed E-state index contributed by atoms with van der Waals surface area (Å²) in [5.74, 6) is 0.990. The Hall–Kier alpha value is -1.82. The van der Waals surface area contributed by atoms with E-state index in [4.69, 9.17) is 4.98 Å². The predicted octanol–water partition coefficient (Wildman–Crippen LogP) is 1.72. The maximum absolute atomic E-state index is 12.6. The smallest absolute Gasteiger partial charge is 0.330 e. The molecule has 0 aliphatic carbocycles. The SMILES string of the molecule is Cn1c(=O)n(CC(C)(C)C)c2ccc(N3CC4CCC(C3)N4)nc21. The molecule has 2 atom stereocenters. The molecule has 6 heteroatoms. The van der Waals surface area contributed by atoms with Gasteiger partial charge in [-0.05, 0) is 30.4 Å². The van der Waals surface area contributed by atoms with E-state index in [1.165, 1.54) is 12.8 Å². The number of rotatable bonds is 2. The molecule has 2 unspecified atom stereocenters. The molecule has 0 saturated carbocycles. The van der Waals surface area contributed by atoms with Gasteiger partial charge < -0.3 is 10.2 Å². The fourth-order valence-electron chi connectivity index (χ4n) is 4.05. The van der Waals surface area contributed by atoms with Crippen molar-refractivity contribution in [1.82, 2.24) is 19.4 Å². The van der Waals surface area contributed by atoms with Crippen LogP contribution in [0.25, 0.3) is 11.2 Å². The summed E-state index contributed by atoms with van der Waals surface area (Å²) in [6.45, 7) is 9.16. The molecule has 4 heterocycles. The van der Waals surface area contributed by atoms with E-state index < -0.39 is 0 Å². The van der Waals surface area contributed by atoms with Crippen molar-refractivity contribution < 1.29 is 0 Å². The van der Waals surface area contributed by atoms with Gasteiger partial charge in [-0.25, -0.2) is 9.78 Å². The second-order valence-corrected chi connectivity index (χ2v) is 8.54. The summed E-state index contributed by atoms with van der Waals surface area (Å²) in [5, 5.41) is 3.65. The van der Waals surface area contributed by atoms with E-state index in [0.717, 1.165) is 30.1 Å². The average molecular weight is 329 g/mol. The second-order valence-electron chi connectivity index (χ2n) is 8.54. The lowest BCUT2D eigenvalue weighted by atomic mass is 9.97. The summed E-state index contributed by atoms with van der Waals surface area (Å²) < 4.78 is 3.54. The van der Waals surface area contributed by atoms with Gasteiger partial charge in [0.15, 0.2) is 5.65 Å². The highest BCUT2D eigenvalue weighted by Crippen LogP contribution is 2.26. The molecule has 2 aliphatic heterocycles. The minimum Gasteiger partial charge on any atom is -0.353 e. The van der Waals surface area contributed by atoms with Crippen LogP contribution in [0.5, 0.6) is 0 Å². The Morgan fingerprint density at radius 3 is 2.50 bits per heavy atom. The van der Waals surface area contributed by atoms with Crippen LogP contribution in [0.1, 0.15) is 33.6 Å². The second kappa shape index (κ2) is 5.34. The molecular weight excluding hydrogens is 302 g/mol. The fourth-order valence-corrected chi connectivity index (χ4v) is 4.05. The van der Waals surface area contributed by atoms with Crippen molar-refractivity contribution in [2.24, 2.45) is 12.5 Å². The van der Waals surface area contributed by atoms with Crippen molar-refractivity contribution in [1.29, 1.82) is 0 Å². The van der Waals surface area contributed by atoms with Gasteiger partial charge in [0, 0.05) is 38.8 Å². The van der Waals surface area contributed by atoms with Crippen LogP contribution in [0, 0.1) is 5.41 Å². The Balaban J connectivity index is 1.74. The maximum Gasteiger partial charge on any atom is 0.330 e. The molecule has 2 aromatic rings. The number of hydrogen-bond donors (Lipinski definition) is 1. The van der Waals surface area contributed by atoms with E-state index >= 15 is 0 Å². The molecule has 0 spiro atoms. The molecule has 24 heavy (non-hydrogen) atoms. The summed E-state index contributed by atoms with van der Waals surface area (Å²) in [6.07, 6.45) is 2.51. The molecule has 2 fully saturated rings. The van der Waals surface area contributed by atoms with Crippen molar-refractivity contribution in [2.45, 2.75) is 52.2 Å². The Morgan fingerprint density at radius 2 is 1.88 bits per heavy atom. The monoisotopic (exact) mass is 329 g/mol. The van der Waals surface area contributed by atoms with Gasteiger partial charge in [-0.3, -0.25) is 9.13 Å². The van der Waals surface area contributed by atoms with Gasteiger partial charge in [0.25, 0.3) is 0 Å². The van der Waals surface area contributed by atoms with Crippen molar-refractivity contribution in [3.8, 4) is 0 Å². The molecule has 4 rings (SSSR count). The fraction of sp³-hybridized carbons (Fsp3) is 0.667. The van der Waals surface area contributed by atoms with Crippen LogP contribution in [-0.2, 0) is 13.6 Å². The summed E-state index contributed by atoms with van der Waals surface area (Å²) in [5.41, 5.74) is 1.78. The van der Waals surface area contributed by atoms with Crippen LogP contribution in [-0.4, -0.2) is 39.3 Å². The Kier molecular flexibility index (Phi) is 3.49. The zero-order chi connectivity index (χ0) is 17.1. The molecule has 2 bridgehead atoms. The van der Waals surface area contributed by atoms with E-state index in [1.807, 2.05) is 11.6 Å². The van der Waals surface area contributed by atoms with Crippen LogP contribution < -0.4 is 15.9 Å². The van der Waals surface area contributed by atoms with Crippen LogP contribution in [0.3, 0.4) is 0 Å². The van der Waals surface area contributed by atoms with E-state index in [0.29, 0.717) is 18.6 Å². The van der Waals surface area contributed by atoms with Gasteiger partial charge in [0.05, 0.1) is 5.52 Å². The van der Waals surface area contributed by atoms with Crippen molar-refractivity contribution in [3.63, 3.8) is 0 Å². The highest BCUT2D eigenvalue weighted by atomic mass is 16.1. The summed E-state index contributed by atoms with van der Waals surface area (Å²) in [6, 6.07) is 5.30. The molecule has 6 nitrogen and oxygen atoms in total. The number of piperazine rings is 1. The lowest BCUT2D eigenvalue weighted by Gasteiger charge is -2.33. The highest BCUT2D eigenvalue weighted by molar-refractivity contribution is 5.74. The number of pyridine rings is 1. The van der Waals surface area contributed by atoms with E-state index in [1.54, 1.807) is 4.57 Å². The highest BCUT2D eigenvalue weighted by Gasteiger charge is 2.32. The minimum absolute atomic E-state index is 0.0185. The average Bonchev–Trinajstić information content (AvgIpc) is 2.98. The number of aromatic nitrogens is 3. The zero-order valence-electron chi connectivity index (χ0n) is 15.0. The van der Waals surface area contributed by atoms with Crippen molar-refractivity contribution >= 4 is 17.0 Å². The van der Waals surface area contributed by atoms with Crippen molar-refractivity contribution in [2.75, 3.05) is 18.0 Å². The number of anilines is 1. The largest absolute Gasteiger partial charge is 0.353 e. The van der Waals surface area contributed by atoms with Gasteiger partial charge in [-0.1, -0.05) is 20.8 Å². The van der Waals surface area contributed by atoms with Crippen LogP contribution >= 0.6 is 0 Å². The summed E-state index contributed by atoms with van der Waals surface area (Å²) in [7, 11) is 1.82. The quantitative estimate of drug-likeness (QED) is 0.911. The number of aryl methyl sites for hydroxylation is 1. The molecular formula is C18H27N5O. The molecule has 2 aliphatic rings. The third-order valence-corrected chi connectivity index (χ3v) is 5.14. The minimum atomic E-state index is 0.0185. The third kappa shape index (κ3) is 2.62. The van der Waals surface area contributed by atoms with E-state index in [9.17, 15) is 4.79 Å². The Bertz CT molecular complexity index is 816. The maximum atomic E-state index is 12.6. The number of nitrogens with zero attached hydrogens (tertiary/aromatic N) is 4. The molecule has 0 aromatic carbocycles. The Morgan fingerprint density at radius 1 is 1.21 bits per heavy atom. The zero-order valence-corrected chi connectivity index (χ0v) is 15.0. The molecule has 130 valence electrons. The van der Waals surface area contributed by atoms with Gasteiger partial charge in [0.1, 0.15) is 5.82 Å². The standard InChI is InChI=1S/C18H27N5O/c1-18(2,3)11-23-14-7-8-15(20-16(14)21(4)17(23)24)22-9-12-5-6-13(10-22)19-12/h7-8,12-13,19H,5-6,9-11H2,1-4H3. The van der Waals surface area contributed by atoms with Crippen molar-refractivity contribution in [3.05, 3.63) is 22.6 Å². The van der Waals surface area contributed by atoms with Crippen LogP contribution in [0.2, 0.25) is 0 Å². The molecule has 0 radical (unpaired) electrons. The third-order valence-electron chi connectivity index (χ3n) is 5.14. The van der Waals surface area contributed by atoms with E-state index in [-0.39, 0.29) is 11.1 Å². The molecule has 2 aromatic heterocycles. The topological polar surface area (TPSA) is 55.1 Å². The lowest BCUT2D eigenvalue weighted by molar-refractivity contribution is 0.342. The molecule has 1 N–H and O–H groups in total. The van der Waals surface area contributed by atoms with Gasteiger partial charge in [-0.15, -0.1) is 0 Å². The predicted molar refractivity (Wildman–Crippen MR) is 96.6 cm³/mol. The summed E-state index contributed by atoms with van der Waals surface area (Å²) >= 11 is 0. The molecule has 0 amide bonds. The Labute approximate surface area is 142 Å². The van der Waals surface area contributed by atoms with Crippen LogP contribution in [0.4, 0.5) is 5.82 Å². The first-order valence-electron chi connectivity index (χ1n) is 8.89. The first-order valence-corrected chi connectivity index (χ1v) is 8.89. The van der Waals surface area contributed by atoms with Gasteiger partial charge in [0.2, 0.25) is 0 Å². The van der Waals surface area contributed by atoms with E-state index in [2.05, 4.69) is 43.1 Å². The normalized spacial score (nSPS) is 24.1. The number of nitrogens with one attached hydrogen (secondary N) is 1.